The molecule has 4 amide bonds. The van der Waals surface area contributed by atoms with Crippen LogP contribution in [0.5, 0.6) is 0 Å². The average molecular weight is 452 g/mol. The van der Waals surface area contributed by atoms with Crippen molar-refractivity contribution in [2.24, 2.45) is 0 Å². The first-order chi connectivity index (χ1) is 12.0. The van der Waals surface area contributed by atoms with Crippen molar-refractivity contribution in [1.82, 2.24) is 10.1 Å². The third kappa shape index (κ3) is 4.28. The molecule has 0 aliphatic carbocycles. The van der Waals surface area contributed by atoms with E-state index in [4.69, 9.17) is 9.11 Å². The summed E-state index contributed by atoms with van der Waals surface area (Å²) in [4.78, 5) is 46.3. The van der Waals surface area contributed by atoms with Gasteiger partial charge in [-0.25, -0.2) is 0 Å². The van der Waals surface area contributed by atoms with E-state index in [1.54, 1.807) is 0 Å². The number of hydroxylamine groups is 4. The van der Waals surface area contributed by atoms with Crippen LogP contribution in [0.1, 0.15) is 12.8 Å². The van der Waals surface area contributed by atoms with E-state index in [1.165, 1.54) is 0 Å². The lowest BCUT2D eigenvalue weighted by Crippen LogP contribution is -2.41. The number of nitrogens with zero attached hydrogens (tertiary/aromatic N) is 2. The van der Waals surface area contributed by atoms with Gasteiger partial charge in [0.25, 0.3) is 43.9 Å². The molecule has 0 bridgehead atoms. The third-order valence-electron chi connectivity index (χ3n) is 3.18. The Morgan fingerprint density at radius 3 is 1.22 bits per heavy atom. The van der Waals surface area contributed by atoms with Crippen LogP contribution in [0.25, 0.3) is 0 Å². The fourth-order valence-electron chi connectivity index (χ4n) is 1.98. The average Bonchev–Trinajstić information content (AvgIpc) is 2.90. The molecule has 2 saturated heterocycles. The van der Waals surface area contributed by atoms with Crippen molar-refractivity contribution in [2.75, 3.05) is 0 Å². The van der Waals surface area contributed by atoms with Crippen molar-refractivity contribution in [3.8, 4) is 0 Å². The van der Waals surface area contributed by atoms with E-state index in [0.717, 1.165) is 0 Å². The topological polar surface area (TPSA) is 236 Å². The normalized spacial score (nSPS) is 25.0. The smallest absolute Gasteiger partial charge is 0.285 e. The molecule has 2 heterocycles. The van der Waals surface area contributed by atoms with Crippen LogP contribution in [0, 0.1) is 0 Å². The van der Waals surface area contributed by atoms with Gasteiger partial charge in [-0.05, 0) is 0 Å². The molecule has 2 N–H and O–H groups in total. The lowest BCUT2D eigenvalue weighted by molar-refractivity contribution is -0.174. The fourth-order valence-corrected chi connectivity index (χ4v) is 4.10. The molecular formula is C8H8N2O14S3. The molecule has 2 unspecified atom stereocenters. The summed E-state index contributed by atoms with van der Waals surface area (Å²) in [5, 5.41) is -5.89. The molecule has 16 nitrogen and oxygen atoms in total. The molecule has 27 heavy (non-hydrogen) atoms. The standard InChI is InChI=1S/C8H8N2O14S3/c11-5-1-3(25(15,16)17)7(13)9(5)23-27(21,22)24-10-6(12)2-4(8(10)14)26(18,19)20/h3-4H,1-2H2,(H,15,16,17)(H,18,19,20). The number of carbonyl (C=O) groups is 4. The Morgan fingerprint density at radius 2 is 1.00 bits per heavy atom. The first-order valence-electron chi connectivity index (χ1n) is 6.35. The molecule has 0 aromatic carbocycles. The minimum absolute atomic E-state index is 0.598. The van der Waals surface area contributed by atoms with Gasteiger partial charge in [0.1, 0.15) is 0 Å². The van der Waals surface area contributed by atoms with Gasteiger partial charge in [-0.1, -0.05) is 0 Å². The number of carbonyl (C=O) groups excluding carboxylic acids is 4. The highest BCUT2D eigenvalue weighted by Gasteiger charge is 2.52. The fraction of sp³-hybridized carbons (Fsp3) is 0.500. The maximum Gasteiger partial charge on any atom is 0.443 e. The zero-order valence-electron chi connectivity index (χ0n) is 12.5. The highest BCUT2D eigenvalue weighted by molar-refractivity contribution is 7.87. The highest BCUT2D eigenvalue weighted by Crippen LogP contribution is 2.24. The number of hydrogen-bond donors (Lipinski definition) is 2. The monoisotopic (exact) mass is 452 g/mol. The van der Waals surface area contributed by atoms with Crippen LogP contribution in [-0.4, -0.2) is 78.6 Å². The second-order valence-electron chi connectivity index (χ2n) is 5.03. The number of imide groups is 2. The Labute approximate surface area is 150 Å². The van der Waals surface area contributed by atoms with Crippen molar-refractivity contribution < 1.29 is 62.1 Å². The van der Waals surface area contributed by atoms with Crippen LogP contribution < -0.4 is 0 Å². The maximum absolute atomic E-state index is 11.7. The van der Waals surface area contributed by atoms with E-state index in [2.05, 4.69) is 8.57 Å². The summed E-state index contributed by atoms with van der Waals surface area (Å²) >= 11 is 0. The molecular weight excluding hydrogens is 444 g/mol. The SMILES string of the molecule is O=C1CC(S(=O)(=O)O)C(=O)N1OS(=O)(=O)ON1C(=O)CC(S(=O)(=O)O)C1=O. The lowest BCUT2D eigenvalue weighted by Gasteiger charge is -2.16. The van der Waals surface area contributed by atoms with Crippen LogP contribution in [-0.2, 0) is 58.4 Å². The number of rotatable bonds is 6. The van der Waals surface area contributed by atoms with Crippen molar-refractivity contribution in [3.05, 3.63) is 0 Å². The van der Waals surface area contributed by atoms with Gasteiger partial charge in [-0.15, -0.1) is 18.7 Å². The van der Waals surface area contributed by atoms with Gasteiger partial charge in [0.15, 0.2) is 10.5 Å². The Balaban J connectivity index is 2.19. The van der Waals surface area contributed by atoms with Gasteiger partial charge in [0.05, 0.1) is 12.8 Å². The maximum atomic E-state index is 11.7. The van der Waals surface area contributed by atoms with Gasteiger partial charge >= 0.3 is 10.4 Å². The molecule has 0 aromatic heterocycles. The molecule has 2 rings (SSSR count). The second-order valence-corrected chi connectivity index (χ2v) is 9.34. The summed E-state index contributed by atoms with van der Waals surface area (Å²) in [5.41, 5.74) is 0. The molecule has 2 aliphatic heterocycles. The first-order valence-corrected chi connectivity index (χ1v) is 10.7. The predicted octanol–water partition coefficient (Wildman–Crippen LogP) is -3.87. The highest BCUT2D eigenvalue weighted by atomic mass is 32.3. The molecule has 0 aromatic rings. The van der Waals surface area contributed by atoms with Gasteiger partial charge in [0.2, 0.25) is 0 Å². The van der Waals surface area contributed by atoms with Crippen molar-refractivity contribution in [3.63, 3.8) is 0 Å². The van der Waals surface area contributed by atoms with E-state index in [9.17, 15) is 44.4 Å². The number of amides is 4. The minimum atomic E-state index is -5.60. The Morgan fingerprint density at radius 1 is 0.704 bits per heavy atom. The third-order valence-corrected chi connectivity index (χ3v) is 6.01. The Hall–Kier alpha value is -2.03. The summed E-state index contributed by atoms with van der Waals surface area (Å²) in [6, 6.07) is 0. The van der Waals surface area contributed by atoms with Crippen molar-refractivity contribution in [1.29, 1.82) is 0 Å². The van der Waals surface area contributed by atoms with E-state index in [1.807, 2.05) is 0 Å². The van der Waals surface area contributed by atoms with E-state index >= 15 is 0 Å². The van der Waals surface area contributed by atoms with Crippen LogP contribution in [0.4, 0.5) is 0 Å². The van der Waals surface area contributed by atoms with Crippen molar-refractivity contribution in [2.45, 2.75) is 23.3 Å². The van der Waals surface area contributed by atoms with Gasteiger partial charge in [-0.2, -0.15) is 25.3 Å². The largest absolute Gasteiger partial charge is 0.443 e. The molecule has 0 radical (unpaired) electrons. The summed E-state index contributed by atoms with van der Waals surface area (Å²) in [7, 11) is -15.8. The number of hydrogen-bond acceptors (Lipinski definition) is 12. The molecule has 0 spiro atoms. The Bertz CT molecular complexity index is 962. The van der Waals surface area contributed by atoms with Crippen LogP contribution in [0.2, 0.25) is 0 Å². The Kier molecular flexibility index (Phi) is 5.15. The van der Waals surface area contributed by atoms with Crippen LogP contribution in [0.3, 0.4) is 0 Å². The second kappa shape index (κ2) is 6.54. The van der Waals surface area contributed by atoms with E-state index in [0.29, 0.717) is 0 Å². The molecule has 2 atom stereocenters. The summed E-state index contributed by atoms with van der Waals surface area (Å²) in [6.45, 7) is 0. The van der Waals surface area contributed by atoms with E-state index in [-0.39, 0.29) is 0 Å². The molecule has 0 saturated carbocycles. The van der Waals surface area contributed by atoms with Crippen LogP contribution >= 0.6 is 0 Å². The van der Waals surface area contributed by atoms with E-state index < -0.39 is 87.7 Å². The van der Waals surface area contributed by atoms with Crippen LogP contribution in [0.15, 0.2) is 0 Å². The zero-order valence-corrected chi connectivity index (χ0v) is 14.9. The first kappa shape index (κ1) is 21.3. The predicted molar refractivity (Wildman–Crippen MR) is 74.7 cm³/mol. The lowest BCUT2D eigenvalue weighted by atomic mass is 10.4. The minimum Gasteiger partial charge on any atom is -0.285 e. The molecule has 19 heteroatoms. The molecule has 2 fully saturated rings. The summed E-state index contributed by atoms with van der Waals surface area (Å²) < 4.78 is 92.4. The summed E-state index contributed by atoms with van der Waals surface area (Å²) in [6.07, 6.45) is -2.33. The van der Waals surface area contributed by atoms with Gasteiger partial charge in [0, 0.05) is 0 Å². The van der Waals surface area contributed by atoms with Gasteiger partial charge in [-0.3, -0.25) is 28.3 Å². The molecule has 152 valence electrons. The van der Waals surface area contributed by atoms with Gasteiger partial charge < -0.3 is 0 Å². The van der Waals surface area contributed by atoms with Crippen molar-refractivity contribution >= 4 is 54.3 Å². The summed E-state index contributed by atoms with van der Waals surface area (Å²) in [5.74, 6) is -6.65. The molecule has 2 aliphatic rings. The zero-order chi connectivity index (χ0) is 20.9. The quantitative estimate of drug-likeness (QED) is 0.290.